The fraction of sp³-hybridized carbons (Fsp3) is 0.316. The molecular formula is C19H21N3O7. The zero-order valence-electron chi connectivity index (χ0n) is 16.4. The van der Waals surface area contributed by atoms with Crippen LogP contribution in [0.3, 0.4) is 0 Å². The maximum Gasteiger partial charge on any atom is 0.355 e. The Morgan fingerprint density at radius 3 is 2.48 bits per heavy atom. The molecule has 0 aliphatic heterocycles. The number of esters is 2. The van der Waals surface area contributed by atoms with Gasteiger partial charge in [0.2, 0.25) is 0 Å². The average Bonchev–Trinajstić information content (AvgIpc) is 2.96. The van der Waals surface area contributed by atoms with Crippen LogP contribution in [-0.2, 0) is 14.3 Å². The fourth-order valence-electron chi connectivity index (χ4n) is 2.71. The molecule has 1 unspecified atom stereocenters. The van der Waals surface area contributed by atoms with Crippen LogP contribution in [0.1, 0.15) is 46.0 Å². The number of nitrogens with zero attached hydrogens (tertiary/aromatic N) is 1. The van der Waals surface area contributed by atoms with Gasteiger partial charge in [-0.2, -0.15) is 0 Å². The van der Waals surface area contributed by atoms with Crippen molar-refractivity contribution in [3.05, 3.63) is 56.9 Å². The summed E-state index contributed by atoms with van der Waals surface area (Å²) in [5.41, 5.74) is 0.700. The van der Waals surface area contributed by atoms with E-state index in [4.69, 9.17) is 9.47 Å². The Kier molecular flexibility index (Phi) is 6.71. The first-order chi connectivity index (χ1) is 13.7. The number of hydrogen-bond donors (Lipinski definition) is 2. The number of para-hydroxylation sites is 2. The Balaban J connectivity index is 2.14. The Bertz CT molecular complexity index is 965. The lowest BCUT2D eigenvalue weighted by Gasteiger charge is -2.14. The highest BCUT2D eigenvalue weighted by Gasteiger charge is 2.27. The highest BCUT2D eigenvalue weighted by Crippen LogP contribution is 2.24. The summed E-state index contributed by atoms with van der Waals surface area (Å²) in [7, 11) is 0. The van der Waals surface area contributed by atoms with Crippen molar-refractivity contribution in [2.75, 3.05) is 11.9 Å². The monoisotopic (exact) mass is 403 g/mol. The van der Waals surface area contributed by atoms with E-state index in [2.05, 4.69) is 10.3 Å². The summed E-state index contributed by atoms with van der Waals surface area (Å²) in [6, 6.07) is 5.62. The van der Waals surface area contributed by atoms with Crippen molar-refractivity contribution < 1.29 is 28.8 Å². The van der Waals surface area contributed by atoms with Gasteiger partial charge in [0.15, 0.2) is 6.10 Å². The van der Waals surface area contributed by atoms with Crippen molar-refractivity contribution in [3.8, 4) is 0 Å². The summed E-state index contributed by atoms with van der Waals surface area (Å²) in [4.78, 5) is 50.0. The minimum absolute atomic E-state index is 0.0102. The quantitative estimate of drug-likeness (QED) is 0.411. The van der Waals surface area contributed by atoms with Crippen LogP contribution >= 0.6 is 0 Å². The van der Waals surface area contributed by atoms with Crippen molar-refractivity contribution in [1.29, 1.82) is 0 Å². The molecule has 0 spiro atoms. The summed E-state index contributed by atoms with van der Waals surface area (Å²) in [5.74, 6) is -2.14. The van der Waals surface area contributed by atoms with Crippen LogP contribution in [0.4, 0.5) is 11.4 Å². The number of nitrogens with one attached hydrogen (secondary N) is 2. The number of benzene rings is 1. The molecule has 1 atom stereocenters. The van der Waals surface area contributed by atoms with Gasteiger partial charge < -0.3 is 19.8 Å². The zero-order valence-corrected chi connectivity index (χ0v) is 16.4. The van der Waals surface area contributed by atoms with Crippen LogP contribution in [0, 0.1) is 24.0 Å². The number of carbonyl (C=O) groups excluding carboxylic acids is 3. The standard InChI is InChI=1S/C19H21N3O7/c1-5-28-19(25)16-10(2)15(11(3)20-16)18(24)29-12(4)17(23)21-13-8-6-7-9-14(13)22(26)27/h6-9,12,20H,5H2,1-4H3,(H,21,23). The van der Waals surface area contributed by atoms with Gasteiger partial charge in [0, 0.05) is 11.8 Å². The molecule has 10 nitrogen and oxygen atoms in total. The van der Waals surface area contributed by atoms with E-state index >= 15 is 0 Å². The lowest BCUT2D eigenvalue weighted by molar-refractivity contribution is -0.383. The predicted octanol–water partition coefficient (Wildman–Crippen LogP) is 2.90. The minimum atomic E-state index is -1.23. The van der Waals surface area contributed by atoms with Gasteiger partial charge in [-0.05, 0) is 39.3 Å². The van der Waals surface area contributed by atoms with Gasteiger partial charge in [0.25, 0.3) is 11.6 Å². The molecule has 1 amide bonds. The van der Waals surface area contributed by atoms with E-state index in [9.17, 15) is 24.5 Å². The van der Waals surface area contributed by atoms with E-state index in [0.717, 1.165) is 0 Å². The van der Waals surface area contributed by atoms with Crippen LogP contribution < -0.4 is 5.32 Å². The molecule has 1 aromatic heterocycles. The third-order valence-electron chi connectivity index (χ3n) is 4.13. The molecule has 0 aliphatic carbocycles. The number of aromatic amines is 1. The summed E-state index contributed by atoms with van der Waals surface area (Å²) in [6.07, 6.45) is -1.23. The van der Waals surface area contributed by atoms with E-state index in [-0.39, 0.29) is 29.2 Å². The maximum absolute atomic E-state index is 12.5. The second-order valence-corrected chi connectivity index (χ2v) is 6.16. The highest BCUT2D eigenvalue weighted by molar-refractivity contribution is 6.01. The van der Waals surface area contributed by atoms with Gasteiger partial charge >= 0.3 is 11.9 Å². The smallest absolute Gasteiger partial charge is 0.355 e. The Morgan fingerprint density at radius 1 is 1.21 bits per heavy atom. The molecule has 2 N–H and O–H groups in total. The molecule has 0 fully saturated rings. The first kappa shape index (κ1) is 21.6. The van der Waals surface area contributed by atoms with Gasteiger partial charge in [-0.15, -0.1) is 0 Å². The summed E-state index contributed by atoms with van der Waals surface area (Å²) in [5, 5.41) is 13.4. The van der Waals surface area contributed by atoms with Crippen LogP contribution in [0.5, 0.6) is 0 Å². The molecule has 1 heterocycles. The number of anilines is 1. The van der Waals surface area contributed by atoms with E-state index in [1.807, 2.05) is 0 Å². The molecule has 0 aliphatic rings. The van der Waals surface area contributed by atoms with Gasteiger partial charge in [-0.1, -0.05) is 12.1 Å². The minimum Gasteiger partial charge on any atom is -0.461 e. The van der Waals surface area contributed by atoms with Gasteiger partial charge in [-0.3, -0.25) is 14.9 Å². The molecule has 2 rings (SSSR count). The van der Waals surface area contributed by atoms with E-state index in [0.29, 0.717) is 11.3 Å². The van der Waals surface area contributed by atoms with Crippen LogP contribution in [0.2, 0.25) is 0 Å². The maximum atomic E-state index is 12.5. The summed E-state index contributed by atoms with van der Waals surface area (Å²) < 4.78 is 10.1. The second-order valence-electron chi connectivity index (χ2n) is 6.16. The Morgan fingerprint density at radius 2 is 1.86 bits per heavy atom. The number of nitro groups is 1. The number of H-pyrrole nitrogens is 1. The van der Waals surface area contributed by atoms with Crippen molar-refractivity contribution in [2.45, 2.75) is 33.8 Å². The third-order valence-corrected chi connectivity index (χ3v) is 4.13. The lowest BCUT2D eigenvalue weighted by Crippen LogP contribution is -2.30. The third kappa shape index (κ3) is 4.78. The van der Waals surface area contributed by atoms with Crippen LogP contribution in [-0.4, -0.2) is 40.5 Å². The molecule has 0 saturated carbocycles. The lowest BCUT2D eigenvalue weighted by atomic mass is 10.1. The average molecular weight is 403 g/mol. The SMILES string of the molecule is CCOC(=O)c1[nH]c(C)c(C(=O)OC(C)C(=O)Nc2ccccc2[N+](=O)[O-])c1C. The normalized spacial score (nSPS) is 11.4. The van der Waals surface area contributed by atoms with Crippen molar-refractivity contribution in [2.24, 2.45) is 0 Å². The molecule has 154 valence electrons. The molecule has 0 radical (unpaired) electrons. The van der Waals surface area contributed by atoms with Crippen molar-refractivity contribution in [3.63, 3.8) is 0 Å². The van der Waals surface area contributed by atoms with E-state index in [1.54, 1.807) is 20.8 Å². The molecule has 0 saturated heterocycles. The topological polar surface area (TPSA) is 141 Å². The molecule has 29 heavy (non-hydrogen) atoms. The first-order valence-corrected chi connectivity index (χ1v) is 8.78. The van der Waals surface area contributed by atoms with E-state index < -0.39 is 28.9 Å². The van der Waals surface area contributed by atoms with E-state index in [1.165, 1.54) is 31.2 Å². The molecule has 2 aromatic rings. The molecule has 0 bridgehead atoms. The van der Waals surface area contributed by atoms with Gasteiger partial charge in [0.05, 0.1) is 17.1 Å². The molecule has 10 heteroatoms. The fourth-order valence-corrected chi connectivity index (χ4v) is 2.71. The van der Waals surface area contributed by atoms with Crippen molar-refractivity contribution in [1.82, 2.24) is 4.98 Å². The Labute approximate surface area is 166 Å². The summed E-state index contributed by atoms with van der Waals surface area (Å²) in [6.45, 7) is 6.33. The number of amides is 1. The largest absolute Gasteiger partial charge is 0.461 e. The van der Waals surface area contributed by atoms with Crippen LogP contribution in [0.25, 0.3) is 0 Å². The number of carbonyl (C=O) groups is 3. The molecular weight excluding hydrogens is 382 g/mol. The van der Waals surface area contributed by atoms with Gasteiger partial charge in [-0.25, -0.2) is 9.59 Å². The second kappa shape index (κ2) is 9.00. The number of hydrogen-bond acceptors (Lipinski definition) is 7. The Hall–Kier alpha value is -3.69. The number of rotatable bonds is 7. The number of nitro benzene ring substituents is 1. The number of ether oxygens (including phenoxy) is 2. The zero-order chi connectivity index (χ0) is 21.7. The number of aryl methyl sites for hydroxylation is 1. The first-order valence-electron chi connectivity index (χ1n) is 8.78. The van der Waals surface area contributed by atoms with Crippen LogP contribution in [0.15, 0.2) is 24.3 Å². The highest BCUT2D eigenvalue weighted by atomic mass is 16.6. The van der Waals surface area contributed by atoms with Crippen molar-refractivity contribution >= 4 is 29.2 Å². The van der Waals surface area contributed by atoms with Gasteiger partial charge in [0.1, 0.15) is 11.4 Å². The number of aromatic nitrogens is 1. The molecule has 1 aromatic carbocycles. The predicted molar refractivity (Wildman–Crippen MR) is 103 cm³/mol. The summed E-state index contributed by atoms with van der Waals surface area (Å²) >= 11 is 0.